The van der Waals surface area contributed by atoms with Crippen molar-refractivity contribution in [1.82, 2.24) is 4.90 Å². The monoisotopic (exact) mass is 283 g/mol. The van der Waals surface area contributed by atoms with Crippen LogP contribution in [0.2, 0.25) is 0 Å². The van der Waals surface area contributed by atoms with Crippen molar-refractivity contribution in [3.05, 3.63) is 34.3 Å². The van der Waals surface area contributed by atoms with Crippen molar-refractivity contribution in [3.8, 4) is 0 Å². The molecule has 0 aromatic heterocycles. The van der Waals surface area contributed by atoms with E-state index < -0.39 is 0 Å². The summed E-state index contributed by atoms with van der Waals surface area (Å²) in [5.74, 6) is 0.208. The summed E-state index contributed by atoms with van der Waals surface area (Å²) in [4.78, 5) is 14.2. The molecule has 1 rings (SSSR count). The second-order valence-corrected chi connectivity index (χ2v) is 5.05. The quantitative estimate of drug-likeness (QED) is 0.773. The third-order valence-corrected chi connectivity index (χ3v) is 3.15. The molecule has 0 radical (unpaired) electrons. The van der Waals surface area contributed by atoms with E-state index in [0.29, 0.717) is 0 Å². The van der Waals surface area contributed by atoms with Crippen LogP contribution in [0.4, 0.5) is 0 Å². The van der Waals surface area contributed by atoms with Gasteiger partial charge in [-0.15, -0.1) is 0 Å². The minimum Gasteiger partial charge on any atom is -0.299 e. The lowest BCUT2D eigenvalue weighted by Gasteiger charge is -2.22. The van der Waals surface area contributed by atoms with Crippen LogP contribution in [0.1, 0.15) is 30.1 Å². The molecular formula is C13H18BrNO. The van der Waals surface area contributed by atoms with Crippen LogP contribution in [0, 0.1) is 0 Å². The summed E-state index contributed by atoms with van der Waals surface area (Å²) in [6, 6.07) is 7.56. The number of hydrogen-bond donors (Lipinski definition) is 0. The number of hydrogen-bond acceptors (Lipinski definition) is 2. The summed E-state index contributed by atoms with van der Waals surface area (Å²) in [7, 11) is 3.91. The fourth-order valence-electron chi connectivity index (χ4n) is 1.70. The first kappa shape index (κ1) is 13.4. The lowest BCUT2D eigenvalue weighted by Crippen LogP contribution is -2.35. The van der Waals surface area contributed by atoms with Crippen LogP contribution >= 0.6 is 15.9 Å². The molecule has 1 aromatic rings. The Morgan fingerprint density at radius 1 is 1.31 bits per heavy atom. The average Bonchev–Trinajstić information content (AvgIpc) is 2.25. The van der Waals surface area contributed by atoms with Crippen molar-refractivity contribution >= 4 is 21.7 Å². The summed E-state index contributed by atoms with van der Waals surface area (Å²) in [5, 5.41) is 0. The zero-order chi connectivity index (χ0) is 12.1. The van der Waals surface area contributed by atoms with Crippen LogP contribution in [0.15, 0.2) is 28.7 Å². The van der Waals surface area contributed by atoms with Crippen molar-refractivity contribution in [1.29, 1.82) is 0 Å². The van der Waals surface area contributed by atoms with Gasteiger partial charge in [0.1, 0.15) is 0 Å². The Kier molecular flexibility index (Phi) is 5.16. The van der Waals surface area contributed by atoms with Crippen LogP contribution in [-0.4, -0.2) is 30.8 Å². The number of carbonyl (C=O) groups excluding carboxylic acids is 1. The van der Waals surface area contributed by atoms with E-state index in [1.165, 1.54) is 0 Å². The highest BCUT2D eigenvalue weighted by Gasteiger charge is 2.20. The molecule has 0 aliphatic rings. The summed E-state index contributed by atoms with van der Waals surface area (Å²) < 4.78 is 1.00. The maximum atomic E-state index is 12.2. The average molecular weight is 284 g/mol. The topological polar surface area (TPSA) is 20.3 Å². The molecule has 0 heterocycles. The van der Waals surface area contributed by atoms with E-state index in [1.54, 1.807) is 0 Å². The van der Waals surface area contributed by atoms with Crippen LogP contribution in [0.5, 0.6) is 0 Å². The van der Waals surface area contributed by atoms with Crippen LogP contribution in [0.25, 0.3) is 0 Å². The molecular weight excluding hydrogens is 266 g/mol. The van der Waals surface area contributed by atoms with Crippen molar-refractivity contribution in [2.75, 3.05) is 14.1 Å². The van der Waals surface area contributed by atoms with Gasteiger partial charge >= 0.3 is 0 Å². The number of rotatable bonds is 5. The highest BCUT2D eigenvalue weighted by molar-refractivity contribution is 9.10. The summed E-state index contributed by atoms with van der Waals surface area (Å²) in [6.45, 7) is 2.10. The SMILES string of the molecule is CCCC(C(=O)c1ccc(Br)cc1)N(C)C. The molecule has 0 spiro atoms. The van der Waals surface area contributed by atoms with Gasteiger partial charge in [-0.25, -0.2) is 0 Å². The van der Waals surface area contributed by atoms with E-state index in [1.807, 2.05) is 43.3 Å². The normalized spacial score (nSPS) is 12.8. The molecule has 16 heavy (non-hydrogen) atoms. The zero-order valence-electron chi connectivity index (χ0n) is 10.0. The van der Waals surface area contributed by atoms with E-state index in [0.717, 1.165) is 22.9 Å². The molecule has 2 nitrogen and oxygen atoms in total. The van der Waals surface area contributed by atoms with Crippen molar-refractivity contribution < 1.29 is 4.79 Å². The zero-order valence-corrected chi connectivity index (χ0v) is 11.6. The van der Waals surface area contributed by atoms with Crippen LogP contribution < -0.4 is 0 Å². The Labute approximate surface area is 106 Å². The first-order valence-electron chi connectivity index (χ1n) is 5.52. The molecule has 3 heteroatoms. The molecule has 0 bridgehead atoms. The van der Waals surface area contributed by atoms with Gasteiger partial charge in [-0.05, 0) is 32.6 Å². The second-order valence-electron chi connectivity index (χ2n) is 4.14. The molecule has 1 aromatic carbocycles. The lowest BCUT2D eigenvalue weighted by atomic mass is 10.00. The number of Topliss-reactive ketones (excluding diaryl/α,β-unsaturated/α-hetero) is 1. The Bertz CT molecular complexity index is 345. The third kappa shape index (κ3) is 3.42. The largest absolute Gasteiger partial charge is 0.299 e. The number of likely N-dealkylation sites (N-methyl/N-ethyl adjacent to an activating group) is 1. The Morgan fingerprint density at radius 2 is 1.88 bits per heavy atom. The number of carbonyl (C=O) groups is 1. The maximum absolute atomic E-state index is 12.2. The van der Waals surface area contributed by atoms with Gasteiger partial charge < -0.3 is 0 Å². The molecule has 0 saturated carbocycles. The molecule has 88 valence electrons. The van der Waals surface area contributed by atoms with E-state index in [9.17, 15) is 4.79 Å². The van der Waals surface area contributed by atoms with E-state index in [-0.39, 0.29) is 11.8 Å². The van der Waals surface area contributed by atoms with Gasteiger partial charge in [-0.3, -0.25) is 9.69 Å². The maximum Gasteiger partial charge on any atom is 0.179 e. The van der Waals surface area contributed by atoms with Gasteiger partial charge in [0.15, 0.2) is 5.78 Å². The second kappa shape index (κ2) is 6.16. The van der Waals surface area contributed by atoms with Crippen molar-refractivity contribution in [3.63, 3.8) is 0 Å². The Morgan fingerprint density at radius 3 is 2.31 bits per heavy atom. The number of halogens is 1. The smallest absolute Gasteiger partial charge is 0.179 e. The molecule has 0 amide bonds. The fraction of sp³-hybridized carbons (Fsp3) is 0.462. The molecule has 0 fully saturated rings. The predicted octanol–water partition coefficient (Wildman–Crippen LogP) is 3.36. The molecule has 1 atom stereocenters. The highest BCUT2D eigenvalue weighted by Crippen LogP contribution is 2.15. The fourth-order valence-corrected chi connectivity index (χ4v) is 1.97. The highest BCUT2D eigenvalue weighted by atomic mass is 79.9. The van der Waals surface area contributed by atoms with Gasteiger partial charge in [0.2, 0.25) is 0 Å². The van der Waals surface area contributed by atoms with Gasteiger partial charge in [0.05, 0.1) is 6.04 Å². The predicted molar refractivity (Wildman–Crippen MR) is 70.9 cm³/mol. The van der Waals surface area contributed by atoms with Crippen molar-refractivity contribution in [2.45, 2.75) is 25.8 Å². The first-order chi connectivity index (χ1) is 7.56. The van der Waals surface area contributed by atoms with Gasteiger partial charge in [-0.2, -0.15) is 0 Å². The van der Waals surface area contributed by atoms with E-state index >= 15 is 0 Å². The van der Waals surface area contributed by atoms with Gasteiger partial charge in [0, 0.05) is 10.0 Å². The Hall–Kier alpha value is -0.670. The lowest BCUT2D eigenvalue weighted by molar-refractivity contribution is 0.0866. The molecule has 0 saturated heterocycles. The summed E-state index contributed by atoms with van der Waals surface area (Å²) >= 11 is 3.37. The summed E-state index contributed by atoms with van der Waals surface area (Å²) in [5.41, 5.74) is 0.787. The van der Waals surface area contributed by atoms with Crippen LogP contribution in [0.3, 0.4) is 0 Å². The number of ketones is 1. The van der Waals surface area contributed by atoms with E-state index in [2.05, 4.69) is 22.9 Å². The van der Waals surface area contributed by atoms with Crippen molar-refractivity contribution in [2.24, 2.45) is 0 Å². The molecule has 1 unspecified atom stereocenters. The van der Waals surface area contributed by atoms with Crippen LogP contribution in [-0.2, 0) is 0 Å². The molecule has 0 N–H and O–H groups in total. The van der Waals surface area contributed by atoms with Gasteiger partial charge in [-0.1, -0.05) is 41.4 Å². The third-order valence-electron chi connectivity index (χ3n) is 2.62. The molecule has 0 aliphatic heterocycles. The summed E-state index contributed by atoms with van der Waals surface area (Å²) in [6.07, 6.45) is 1.92. The van der Waals surface area contributed by atoms with E-state index in [4.69, 9.17) is 0 Å². The number of benzene rings is 1. The minimum atomic E-state index is -0.00817. The number of nitrogens with zero attached hydrogens (tertiary/aromatic N) is 1. The standard InChI is InChI=1S/C13H18BrNO/c1-4-5-12(15(2)3)13(16)10-6-8-11(14)9-7-10/h6-9,12H,4-5H2,1-3H3. The van der Waals surface area contributed by atoms with Gasteiger partial charge in [0.25, 0.3) is 0 Å². The Balaban J connectivity index is 2.86. The first-order valence-corrected chi connectivity index (χ1v) is 6.31. The minimum absolute atomic E-state index is 0.00817. The molecule has 0 aliphatic carbocycles.